The van der Waals surface area contributed by atoms with Crippen LogP contribution in [0, 0.1) is 0 Å². The van der Waals surface area contributed by atoms with Crippen molar-refractivity contribution in [1.29, 1.82) is 0 Å². The Balaban J connectivity index is 0.00000261. The number of hydrogen-bond donors (Lipinski definition) is 1. The third-order valence-corrected chi connectivity index (χ3v) is 4.79. The van der Waals surface area contributed by atoms with Crippen LogP contribution in [0.2, 0.25) is 0 Å². The number of halogens is 1. The number of ether oxygens (including phenoxy) is 2. The number of hydrogen-bond acceptors (Lipinski definition) is 4. The van der Waals surface area contributed by atoms with Crippen molar-refractivity contribution in [3.8, 4) is 11.5 Å². The molecule has 0 amide bonds. The smallest absolute Gasteiger partial charge is 0.193 e. The molecular weight excluding hydrogens is 457 g/mol. The van der Waals surface area contributed by atoms with Crippen LogP contribution in [0.5, 0.6) is 11.5 Å². The van der Waals surface area contributed by atoms with E-state index in [1.165, 1.54) is 5.56 Å². The Kier molecular flexibility index (Phi) is 7.76. The largest absolute Gasteiger partial charge is 0.493 e. The molecule has 3 rings (SSSR count). The first-order valence-electron chi connectivity index (χ1n) is 8.79. The van der Waals surface area contributed by atoms with Gasteiger partial charge in [-0.05, 0) is 29.7 Å². The highest BCUT2D eigenvalue weighted by Crippen LogP contribution is 2.28. The van der Waals surface area contributed by atoms with E-state index in [1.807, 2.05) is 43.2 Å². The van der Waals surface area contributed by atoms with E-state index in [2.05, 4.69) is 26.5 Å². The van der Waals surface area contributed by atoms with Crippen molar-refractivity contribution < 1.29 is 9.47 Å². The highest BCUT2D eigenvalue weighted by Gasteiger charge is 2.26. The molecule has 8 heteroatoms. The monoisotopic (exact) mass is 485 g/mol. The normalized spacial score (nSPS) is 16.8. The van der Waals surface area contributed by atoms with Crippen molar-refractivity contribution in [1.82, 2.24) is 20.0 Å². The predicted molar refractivity (Wildman–Crippen MR) is 117 cm³/mol. The number of aromatic nitrogens is 2. The number of rotatable bonds is 5. The van der Waals surface area contributed by atoms with Gasteiger partial charge in [0.05, 0.1) is 20.4 Å². The molecule has 0 radical (unpaired) electrons. The van der Waals surface area contributed by atoms with Crippen molar-refractivity contribution in [3.63, 3.8) is 0 Å². The van der Waals surface area contributed by atoms with Gasteiger partial charge < -0.3 is 19.7 Å². The maximum absolute atomic E-state index is 5.37. The molecule has 0 bridgehead atoms. The third kappa shape index (κ3) is 5.06. The molecule has 1 atom stereocenters. The van der Waals surface area contributed by atoms with Crippen LogP contribution in [0.15, 0.2) is 35.6 Å². The summed E-state index contributed by atoms with van der Waals surface area (Å²) in [7, 11) is 7.08. The average Bonchev–Trinajstić information content (AvgIpc) is 3.31. The van der Waals surface area contributed by atoms with Gasteiger partial charge in [-0.2, -0.15) is 5.10 Å². The quantitative estimate of drug-likeness (QED) is 0.401. The van der Waals surface area contributed by atoms with Crippen molar-refractivity contribution in [3.05, 3.63) is 41.7 Å². The first-order chi connectivity index (χ1) is 12.6. The number of nitrogens with zero attached hydrogens (tertiary/aromatic N) is 4. The molecule has 0 spiro atoms. The lowest BCUT2D eigenvalue weighted by molar-refractivity contribution is 0.354. The number of guanidine groups is 1. The molecule has 2 aromatic rings. The SMILES string of the molecule is CN=C(NCc1ccc(OC)c(OC)c1)N1CCC(c2cnn(C)c2)C1.I. The molecule has 1 aliphatic heterocycles. The highest BCUT2D eigenvalue weighted by atomic mass is 127. The van der Waals surface area contributed by atoms with Crippen LogP contribution in [0.1, 0.15) is 23.5 Å². The van der Waals surface area contributed by atoms with Crippen molar-refractivity contribution >= 4 is 29.9 Å². The van der Waals surface area contributed by atoms with Gasteiger partial charge in [0.1, 0.15) is 0 Å². The Morgan fingerprint density at radius 2 is 2.07 bits per heavy atom. The first-order valence-corrected chi connectivity index (χ1v) is 8.79. The summed E-state index contributed by atoms with van der Waals surface area (Å²) in [6.45, 7) is 2.63. The van der Waals surface area contributed by atoms with E-state index in [0.717, 1.165) is 42.5 Å². The molecule has 1 aliphatic rings. The molecular formula is C19H28IN5O2. The number of likely N-dealkylation sites (tertiary alicyclic amines) is 1. The van der Waals surface area contributed by atoms with Gasteiger partial charge in [-0.25, -0.2) is 0 Å². The maximum Gasteiger partial charge on any atom is 0.193 e. The van der Waals surface area contributed by atoms with Crippen molar-refractivity contribution in [2.24, 2.45) is 12.0 Å². The highest BCUT2D eigenvalue weighted by molar-refractivity contribution is 14.0. The Labute approximate surface area is 177 Å². The molecule has 1 fully saturated rings. The number of methoxy groups -OCH3 is 2. The van der Waals surface area contributed by atoms with Crippen LogP contribution in [0.4, 0.5) is 0 Å². The predicted octanol–water partition coefficient (Wildman–Crippen LogP) is 2.62. The fourth-order valence-corrected chi connectivity index (χ4v) is 3.38. The minimum atomic E-state index is 0. The van der Waals surface area contributed by atoms with Gasteiger partial charge in [0.15, 0.2) is 17.5 Å². The summed E-state index contributed by atoms with van der Waals surface area (Å²) in [6, 6.07) is 5.94. The zero-order chi connectivity index (χ0) is 18.5. The fourth-order valence-electron chi connectivity index (χ4n) is 3.38. The molecule has 2 heterocycles. The van der Waals surface area contributed by atoms with Gasteiger partial charge in [0, 0.05) is 45.8 Å². The summed E-state index contributed by atoms with van der Waals surface area (Å²) in [6.07, 6.45) is 5.19. The summed E-state index contributed by atoms with van der Waals surface area (Å²) in [5, 5.41) is 7.74. The molecule has 1 aromatic heterocycles. The molecule has 1 aromatic carbocycles. The van der Waals surface area contributed by atoms with Crippen molar-refractivity contribution in [2.75, 3.05) is 34.4 Å². The summed E-state index contributed by atoms with van der Waals surface area (Å²) in [5.74, 6) is 2.90. The van der Waals surface area contributed by atoms with E-state index in [9.17, 15) is 0 Å². The topological polar surface area (TPSA) is 63.9 Å². The second-order valence-corrected chi connectivity index (χ2v) is 6.47. The number of aliphatic imine (C=N–C) groups is 1. The standard InChI is InChI=1S/C19H27N5O2.HI/c1-20-19(21-10-14-5-6-17(25-3)18(9-14)26-4)24-8-7-15(13-24)16-11-22-23(2)12-16;/h5-6,9,11-12,15H,7-8,10,13H2,1-4H3,(H,20,21);1H. The first kappa shape index (κ1) is 21.3. The molecule has 1 unspecified atom stereocenters. The Hall–Kier alpha value is -1.97. The van der Waals surface area contributed by atoms with Gasteiger partial charge >= 0.3 is 0 Å². The Morgan fingerprint density at radius 1 is 1.30 bits per heavy atom. The van der Waals surface area contributed by atoms with Crippen LogP contribution in [0.25, 0.3) is 0 Å². The molecule has 148 valence electrons. The van der Waals surface area contributed by atoms with E-state index >= 15 is 0 Å². The van der Waals surface area contributed by atoms with E-state index in [1.54, 1.807) is 14.2 Å². The van der Waals surface area contributed by atoms with Gasteiger partial charge in [0.25, 0.3) is 0 Å². The van der Waals surface area contributed by atoms with E-state index in [-0.39, 0.29) is 24.0 Å². The Bertz CT molecular complexity index is 777. The molecule has 0 aliphatic carbocycles. The summed E-state index contributed by atoms with van der Waals surface area (Å²) >= 11 is 0. The van der Waals surface area contributed by atoms with Gasteiger partial charge in [-0.1, -0.05) is 6.07 Å². The lowest BCUT2D eigenvalue weighted by Gasteiger charge is -2.22. The number of aryl methyl sites for hydroxylation is 1. The molecule has 1 saturated heterocycles. The van der Waals surface area contributed by atoms with Crippen LogP contribution in [-0.2, 0) is 13.6 Å². The Morgan fingerprint density at radius 3 is 2.70 bits per heavy atom. The summed E-state index contributed by atoms with van der Waals surface area (Å²) in [4.78, 5) is 6.75. The number of benzene rings is 1. The minimum absolute atomic E-state index is 0. The molecule has 7 nitrogen and oxygen atoms in total. The van der Waals surface area contributed by atoms with E-state index in [0.29, 0.717) is 12.5 Å². The van der Waals surface area contributed by atoms with Crippen LogP contribution >= 0.6 is 24.0 Å². The fraction of sp³-hybridized carbons (Fsp3) is 0.474. The van der Waals surface area contributed by atoms with Crippen molar-refractivity contribution in [2.45, 2.75) is 18.9 Å². The zero-order valence-electron chi connectivity index (χ0n) is 16.3. The van der Waals surface area contributed by atoms with Crippen LogP contribution < -0.4 is 14.8 Å². The lowest BCUT2D eigenvalue weighted by Crippen LogP contribution is -2.39. The third-order valence-electron chi connectivity index (χ3n) is 4.79. The average molecular weight is 485 g/mol. The zero-order valence-corrected chi connectivity index (χ0v) is 18.6. The summed E-state index contributed by atoms with van der Waals surface area (Å²) in [5.41, 5.74) is 2.41. The lowest BCUT2D eigenvalue weighted by atomic mass is 10.0. The van der Waals surface area contributed by atoms with Crippen LogP contribution in [0.3, 0.4) is 0 Å². The second kappa shape index (κ2) is 9.82. The number of nitrogens with one attached hydrogen (secondary N) is 1. The van der Waals surface area contributed by atoms with E-state index in [4.69, 9.17) is 9.47 Å². The van der Waals surface area contributed by atoms with Gasteiger partial charge in [-0.15, -0.1) is 24.0 Å². The molecule has 1 N–H and O–H groups in total. The van der Waals surface area contributed by atoms with E-state index < -0.39 is 0 Å². The summed E-state index contributed by atoms with van der Waals surface area (Å²) < 4.78 is 12.5. The molecule has 27 heavy (non-hydrogen) atoms. The molecule has 0 saturated carbocycles. The maximum atomic E-state index is 5.37. The van der Waals surface area contributed by atoms with Crippen LogP contribution in [-0.4, -0.2) is 55.0 Å². The minimum Gasteiger partial charge on any atom is -0.493 e. The van der Waals surface area contributed by atoms with Gasteiger partial charge in [-0.3, -0.25) is 9.67 Å². The second-order valence-electron chi connectivity index (χ2n) is 6.47. The van der Waals surface area contributed by atoms with Gasteiger partial charge in [0.2, 0.25) is 0 Å².